The van der Waals surface area contributed by atoms with Crippen LogP contribution in [-0.2, 0) is 11.2 Å². The van der Waals surface area contributed by atoms with Gasteiger partial charge in [-0.25, -0.2) is 0 Å². The van der Waals surface area contributed by atoms with Crippen molar-refractivity contribution in [3.05, 3.63) is 35.4 Å². The van der Waals surface area contributed by atoms with Gasteiger partial charge in [-0.2, -0.15) is 5.26 Å². The van der Waals surface area contributed by atoms with Crippen molar-refractivity contribution in [3.63, 3.8) is 0 Å². The zero-order valence-corrected chi connectivity index (χ0v) is 7.53. The van der Waals surface area contributed by atoms with Crippen LogP contribution < -0.4 is 0 Å². The molecule has 0 saturated carbocycles. The first-order chi connectivity index (χ1) is 6.31. The molecule has 0 spiro atoms. The quantitative estimate of drug-likeness (QED) is 0.602. The van der Waals surface area contributed by atoms with Gasteiger partial charge in [0.2, 0.25) is 0 Å². The van der Waals surface area contributed by atoms with Crippen molar-refractivity contribution in [1.29, 1.82) is 5.26 Å². The van der Waals surface area contributed by atoms with E-state index >= 15 is 0 Å². The van der Waals surface area contributed by atoms with Gasteiger partial charge in [-0.15, -0.1) is 0 Å². The van der Waals surface area contributed by atoms with E-state index in [0.717, 1.165) is 12.0 Å². The monoisotopic (exact) mass is 173 g/mol. The normalized spacial score (nSPS) is 26.2. The highest BCUT2D eigenvalue weighted by Gasteiger charge is 2.23. The minimum Gasteiger partial charge on any atom is -0.355 e. The molecule has 0 aliphatic carbocycles. The Morgan fingerprint density at radius 3 is 3.00 bits per heavy atom. The second-order valence-electron chi connectivity index (χ2n) is 3.36. The largest absolute Gasteiger partial charge is 0.355 e. The van der Waals surface area contributed by atoms with Crippen molar-refractivity contribution >= 4 is 0 Å². The van der Waals surface area contributed by atoms with Gasteiger partial charge in [0.25, 0.3) is 0 Å². The van der Waals surface area contributed by atoms with Gasteiger partial charge in [0.1, 0.15) is 0 Å². The fraction of sp³-hybridized carbons (Fsp3) is 0.364. The van der Waals surface area contributed by atoms with E-state index in [9.17, 15) is 0 Å². The van der Waals surface area contributed by atoms with E-state index < -0.39 is 0 Å². The van der Waals surface area contributed by atoms with Crippen LogP contribution in [0.5, 0.6) is 0 Å². The van der Waals surface area contributed by atoms with E-state index in [1.54, 1.807) is 0 Å². The van der Waals surface area contributed by atoms with Gasteiger partial charge in [-0.05, 0) is 24.5 Å². The number of fused-ring (bicyclic) bond motifs is 1. The summed E-state index contributed by atoms with van der Waals surface area (Å²) in [5, 5.41) is 8.88. The third kappa shape index (κ3) is 1.43. The van der Waals surface area contributed by atoms with Gasteiger partial charge in [0.05, 0.1) is 12.2 Å². The molecule has 2 rings (SSSR count). The molecule has 2 atom stereocenters. The van der Waals surface area contributed by atoms with Crippen molar-refractivity contribution in [3.8, 4) is 6.07 Å². The van der Waals surface area contributed by atoms with Crippen LogP contribution in [0, 0.1) is 11.3 Å². The first kappa shape index (κ1) is 8.28. The number of hydrogen-bond acceptors (Lipinski definition) is 2. The average molecular weight is 173 g/mol. The van der Waals surface area contributed by atoms with Crippen LogP contribution in [0.3, 0.4) is 0 Å². The van der Waals surface area contributed by atoms with E-state index in [0.29, 0.717) is 0 Å². The topological polar surface area (TPSA) is 33.0 Å². The number of ether oxygens (including phenoxy) is 1. The Kier molecular flexibility index (Phi) is 2.03. The summed E-state index contributed by atoms with van der Waals surface area (Å²) in [4.78, 5) is 0. The molecule has 0 unspecified atom stereocenters. The van der Waals surface area contributed by atoms with Gasteiger partial charge in [-0.3, -0.25) is 0 Å². The van der Waals surface area contributed by atoms with Crippen LogP contribution >= 0.6 is 0 Å². The van der Waals surface area contributed by atoms with Gasteiger partial charge in [0.15, 0.2) is 6.10 Å². The summed E-state index contributed by atoms with van der Waals surface area (Å²) < 4.78 is 5.50. The number of nitrogens with zero attached hydrogens (tertiary/aromatic N) is 1. The highest BCUT2D eigenvalue weighted by Crippen LogP contribution is 2.29. The molecule has 0 saturated heterocycles. The molecule has 0 amide bonds. The van der Waals surface area contributed by atoms with Crippen molar-refractivity contribution in [2.75, 3.05) is 0 Å². The predicted molar refractivity (Wildman–Crippen MR) is 49.0 cm³/mol. The summed E-state index contributed by atoms with van der Waals surface area (Å²) in [6.07, 6.45) is 0.688. The molecule has 1 heterocycles. The molecule has 2 heteroatoms. The van der Waals surface area contributed by atoms with E-state index in [-0.39, 0.29) is 12.2 Å². The summed E-state index contributed by atoms with van der Waals surface area (Å²) in [5.41, 5.74) is 2.27. The Morgan fingerprint density at radius 2 is 2.23 bits per heavy atom. The van der Waals surface area contributed by atoms with Crippen LogP contribution in [0.1, 0.15) is 24.2 Å². The molecule has 1 aromatic rings. The van der Waals surface area contributed by atoms with Crippen LogP contribution in [0.25, 0.3) is 0 Å². The van der Waals surface area contributed by atoms with E-state index in [1.807, 2.05) is 25.1 Å². The van der Waals surface area contributed by atoms with Crippen LogP contribution in [0.4, 0.5) is 0 Å². The maximum absolute atomic E-state index is 8.88. The Labute approximate surface area is 77.8 Å². The Morgan fingerprint density at radius 1 is 1.46 bits per heavy atom. The summed E-state index contributed by atoms with van der Waals surface area (Å²) in [5.74, 6) is 0. The molecule has 13 heavy (non-hydrogen) atoms. The number of hydrogen-bond donors (Lipinski definition) is 0. The molecule has 2 nitrogen and oxygen atoms in total. The third-order valence-electron chi connectivity index (χ3n) is 2.33. The van der Waals surface area contributed by atoms with Crippen LogP contribution in [0.15, 0.2) is 24.3 Å². The lowest BCUT2D eigenvalue weighted by molar-refractivity contribution is 0.0156. The standard InChI is InChI=1S/C11H11NO/c1-8-6-9-4-2-3-5-10(9)11(7-12)13-8/h2-5,8,11H,6H2,1H3/t8-,11+/m1/s1. The highest BCUT2D eigenvalue weighted by molar-refractivity contribution is 5.34. The molecular weight excluding hydrogens is 162 g/mol. The van der Waals surface area contributed by atoms with E-state index in [2.05, 4.69) is 12.1 Å². The fourth-order valence-corrected chi connectivity index (χ4v) is 1.74. The Balaban J connectivity index is 2.44. The molecule has 0 radical (unpaired) electrons. The minimum absolute atomic E-state index is 0.152. The SMILES string of the molecule is C[C@@H]1Cc2ccccc2[C@H](C#N)O1. The lowest BCUT2D eigenvalue weighted by Crippen LogP contribution is -2.22. The minimum atomic E-state index is -0.375. The molecular formula is C11H11NO. The second kappa shape index (κ2) is 3.20. The highest BCUT2D eigenvalue weighted by atomic mass is 16.5. The molecule has 66 valence electrons. The summed E-state index contributed by atoms with van der Waals surface area (Å²) in [7, 11) is 0. The predicted octanol–water partition coefficient (Wildman–Crippen LogP) is 2.21. The van der Waals surface area contributed by atoms with E-state index in [4.69, 9.17) is 10.00 Å². The van der Waals surface area contributed by atoms with Crippen LogP contribution in [-0.4, -0.2) is 6.10 Å². The van der Waals surface area contributed by atoms with E-state index in [1.165, 1.54) is 5.56 Å². The Hall–Kier alpha value is -1.33. The van der Waals surface area contributed by atoms with Gasteiger partial charge in [0, 0.05) is 0 Å². The number of nitriles is 1. The maximum atomic E-state index is 8.88. The van der Waals surface area contributed by atoms with Crippen molar-refractivity contribution in [1.82, 2.24) is 0 Å². The van der Waals surface area contributed by atoms with Gasteiger partial charge >= 0.3 is 0 Å². The molecule has 0 aromatic heterocycles. The number of benzene rings is 1. The lowest BCUT2D eigenvalue weighted by atomic mass is 9.95. The van der Waals surface area contributed by atoms with Gasteiger partial charge in [-0.1, -0.05) is 24.3 Å². The molecule has 1 aliphatic heterocycles. The molecule has 0 fully saturated rings. The Bertz CT molecular complexity index is 353. The van der Waals surface area contributed by atoms with Crippen molar-refractivity contribution in [2.24, 2.45) is 0 Å². The van der Waals surface area contributed by atoms with Crippen molar-refractivity contribution in [2.45, 2.75) is 25.6 Å². The first-order valence-corrected chi connectivity index (χ1v) is 4.44. The second-order valence-corrected chi connectivity index (χ2v) is 3.36. The molecule has 1 aromatic carbocycles. The van der Waals surface area contributed by atoms with Crippen LogP contribution in [0.2, 0.25) is 0 Å². The molecule has 1 aliphatic rings. The number of rotatable bonds is 0. The molecule has 0 N–H and O–H groups in total. The zero-order chi connectivity index (χ0) is 9.26. The fourth-order valence-electron chi connectivity index (χ4n) is 1.74. The zero-order valence-electron chi connectivity index (χ0n) is 7.53. The maximum Gasteiger partial charge on any atom is 0.169 e. The van der Waals surface area contributed by atoms with Crippen molar-refractivity contribution < 1.29 is 4.74 Å². The summed E-state index contributed by atoms with van der Waals surface area (Å²) in [6, 6.07) is 10.2. The first-order valence-electron chi connectivity index (χ1n) is 4.44. The smallest absolute Gasteiger partial charge is 0.169 e. The summed E-state index contributed by atoms with van der Waals surface area (Å²) in [6.45, 7) is 2.00. The van der Waals surface area contributed by atoms with Gasteiger partial charge < -0.3 is 4.74 Å². The average Bonchev–Trinajstić information content (AvgIpc) is 2.16. The third-order valence-corrected chi connectivity index (χ3v) is 2.33. The lowest BCUT2D eigenvalue weighted by Gasteiger charge is -2.26. The molecule has 0 bridgehead atoms. The summed E-state index contributed by atoms with van der Waals surface area (Å²) >= 11 is 0.